The highest BCUT2D eigenvalue weighted by Crippen LogP contribution is 2.35. The first-order valence-corrected chi connectivity index (χ1v) is 3.75. The maximum absolute atomic E-state index is 12.3. The fraction of sp³-hybridized carbons (Fsp3) is 0.833. The van der Waals surface area contributed by atoms with Gasteiger partial charge in [0.2, 0.25) is 0 Å². The van der Waals surface area contributed by atoms with Gasteiger partial charge in [-0.3, -0.25) is 4.79 Å². The van der Waals surface area contributed by atoms with Gasteiger partial charge < -0.3 is 11.1 Å². The highest BCUT2D eigenvalue weighted by Gasteiger charge is 2.63. The maximum atomic E-state index is 12.3. The molecule has 0 aromatic heterocycles. The number of amides is 1. The average molecular weight is 256 g/mol. The number of carbonyl (C=O) groups is 1. The lowest BCUT2D eigenvalue weighted by Gasteiger charge is -2.20. The summed E-state index contributed by atoms with van der Waals surface area (Å²) in [6.45, 7) is -2.97. The van der Waals surface area contributed by atoms with Crippen LogP contribution in [-0.2, 0) is 4.79 Å². The van der Waals surface area contributed by atoms with Crippen LogP contribution in [0.5, 0.6) is 0 Å². The van der Waals surface area contributed by atoms with Crippen molar-refractivity contribution >= 4 is 5.91 Å². The topological polar surface area (TPSA) is 55.1 Å². The minimum Gasteiger partial charge on any atom is -0.344 e. The van der Waals surface area contributed by atoms with Gasteiger partial charge in [0.25, 0.3) is 5.92 Å². The van der Waals surface area contributed by atoms with Gasteiger partial charge >= 0.3 is 18.0 Å². The maximum Gasteiger partial charge on any atom is 0.463 e. The fourth-order valence-electron chi connectivity index (χ4n) is 0.522. The molecule has 0 saturated carbocycles. The molecule has 3 nitrogen and oxygen atoms in total. The number of hydrogen-bond donors (Lipinski definition) is 2. The van der Waals surface area contributed by atoms with Crippen molar-refractivity contribution < 1.29 is 35.5 Å². The van der Waals surface area contributed by atoms with E-state index >= 15 is 0 Å². The van der Waals surface area contributed by atoms with E-state index in [1.165, 1.54) is 0 Å². The van der Waals surface area contributed by atoms with Crippen LogP contribution in [0.2, 0.25) is 0 Å². The Morgan fingerprint density at radius 1 is 1.06 bits per heavy atom. The van der Waals surface area contributed by atoms with Crippen LogP contribution in [0.3, 0.4) is 0 Å². The first-order valence-electron chi connectivity index (χ1n) is 3.75. The Bertz CT molecular complexity index is 262. The molecule has 0 aromatic rings. The molecule has 10 heteroatoms. The van der Waals surface area contributed by atoms with E-state index in [1.807, 2.05) is 0 Å². The third kappa shape index (κ3) is 3.51. The predicted octanol–water partition coefficient (Wildman–Crippen LogP) is 0.894. The molecule has 0 fully saturated rings. The van der Waals surface area contributed by atoms with Crippen molar-refractivity contribution in [3.05, 3.63) is 0 Å². The van der Waals surface area contributed by atoms with Crippen LogP contribution >= 0.6 is 0 Å². The SMILES string of the molecule is NCC(F)(F)CNC(=O)C(F)(F)C(F)(F)F. The molecular formula is C6H7F7N2O. The molecule has 0 aromatic carbocycles. The van der Waals surface area contributed by atoms with Crippen molar-refractivity contribution in [2.75, 3.05) is 13.1 Å². The van der Waals surface area contributed by atoms with Crippen molar-refractivity contribution in [3.63, 3.8) is 0 Å². The Labute approximate surface area is 84.8 Å². The molecular weight excluding hydrogens is 249 g/mol. The lowest BCUT2D eigenvalue weighted by atomic mass is 10.2. The number of nitrogens with two attached hydrogens (primary N) is 1. The lowest BCUT2D eigenvalue weighted by molar-refractivity contribution is -0.270. The number of rotatable bonds is 4. The molecule has 0 aliphatic heterocycles. The molecule has 0 spiro atoms. The van der Waals surface area contributed by atoms with Crippen LogP contribution in [0.4, 0.5) is 30.7 Å². The number of alkyl halides is 7. The van der Waals surface area contributed by atoms with Crippen LogP contribution < -0.4 is 11.1 Å². The number of nitrogens with one attached hydrogen (secondary N) is 1. The first-order chi connectivity index (χ1) is 6.94. The Morgan fingerprint density at radius 3 is 1.81 bits per heavy atom. The third-order valence-corrected chi connectivity index (χ3v) is 1.45. The van der Waals surface area contributed by atoms with Crippen molar-refractivity contribution in [2.24, 2.45) is 5.73 Å². The van der Waals surface area contributed by atoms with E-state index in [-0.39, 0.29) is 0 Å². The zero-order valence-electron chi connectivity index (χ0n) is 7.55. The summed E-state index contributed by atoms with van der Waals surface area (Å²) in [4.78, 5) is 10.3. The Balaban J connectivity index is 4.50. The Morgan fingerprint density at radius 2 is 1.50 bits per heavy atom. The summed E-state index contributed by atoms with van der Waals surface area (Å²) >= 11 is 0. The van der Waals surface area contributed by atoms with E-state index in [0.29, 0.717) is 0 Å². The monoisotopic (exact) mass is 256 g/mol. The number of hydrogen-bond acceptors (Lipinski definition) is 2. The zero-order chi connectivity index (χ0) is 13.2. The highest BCUT2D eigenvalue weighted by molar-refractivity contribution is 5.84. The molecule has 0 rings (SSSR count). The molecule has 0 heterocycles. The molecule has 0 radical (unpaired) electrons. The number of halogens is 7. The smallest absolute Gasteiger partial charge is 0.344 e. The second kappa shape index (κ2) is 4.44. The van der Waals surface area contributed by atoms with E-state index in [2.05, 4.69) is 5.73 Å². The van der Waals surface area contributed by atoms with Crippen molar-refractivity contribution in [1.29, 1.82) is 0 Å². The van der Waals surface area contributed by atoms with E-state index in [4.69, 9.17) is 0 Å². The van der Waals surface area contributed by atoms with Crippen LogP contribution in [-0.4, -0.2) is 37.0 Å². The Hall–Kier alpha value is -1.06. The highest BCUT2D eigenvalue weighted by atomic mass is 19.4. The Kier molecular flexibility index (Phi) is 4.14. The molecule has 0 aliphatic carbocycles. The van der Waals surface area contributed by atoms with Crippen LogP contribution in [0.15, 0.2) is 0 Å². The summed E-state index contributed by atoms with van der Waals surface area (Å²) in [6.07, 6.45) is -6.13. The van der Waals surface area contributed by atoms with Gasteiger partial charge in [-0.1, -0.05) is 0 Å². The molecule has 0 atom stereocenters. The molecule has 0 bridgehead atoms. The first kappa shape index (κ1) is 14.9. The quantitative estimate of drug-likeness (QED) is 0.734. The second-order valence-electron chi connectivity index (χ2n) is 2.81. The van der Waals surface area contributed by atoms with Crippen LogP contribution in [0, 0.1) is 0 Å². The van der Waals surface area contributed by atoms with Gasteiger partial charge in [-0.2, -0.15) is 22.0 Å². The average Bonchev–Trinajstić information content (AvgIpc) is 2.12. The van der Waals surface area contributed by atoms with Crippen molar-refractivity contribution in [2.45, 2.75) is 18.0 Å². The van der Waals surface area contributed by atoms with Crippen molar-refractivity contribution in [1.82, 2.24) is 5.32 Å². The molecule has 3 N–H and O–H groups in total. The molecule has 16 heavy (non-hydrogen) atoms. The van der Waals surface area contributed by atoms with E-state index in [9.17, 15) is 35.5 Å². The minimum absolute atomic E-state index is 0.782. The lowest BCUT2D eigenvalue weighted by Crippen LogP contribution is -2.53. The summed E-state index contributed by atoms with van der Waals surface area (Å²) in [5.41, 5.74) is 4.48. The summed E-state index contributed by atoms with van der Waals surface area (Å²) in [6, 6.07) is 0. The van der Waals surface area contributed by atoms with Crippen molar-refractivity contribution in [3.8, 4) is 0 Å². The normalized spacial score (nSPS) is 13.8. The van der Waals surface area contributed by atoms with Crippen LogP contribution in [0.25, 0.3) is 0 Å². The summed E-state index contributed by atoms with van der Waals surface area (Å²) < 4.78 is 83.7. The van der Waals surface area contributed by atoms with Gasteiger partial charge in [-0.25, -0.2) is 8.78 Å². The third-order valence-electron chi connectivity index (χ3n) is 1.45. The fourth-order valence-corrected chi connectivity index (χ4v) is 0.522. The van der Waals surface area contributed by atoms with Crippen LogP contribution in [0.1, 0.15) is 0 Å². The summed E-state index contributed by atoms with van der Waals surface area (Å²) in [7, 11) is 0. The van der Waals surface area contributed by atoms with Gasteiger partial charge in [0.1, 0.15) is 0 Å². The molecule has 0 saturated heterocycles. The molecule has 96 valence electrons. The van der Waals surface area contributed by atoms with E-state index in [0.717, 1.165) is 5.32 Å². The van der Waals surface area contributed by atoms with E-state index < -0.39 is 37.0 Å². The minimum atomic E-state index is -6.13. The second-order valence-corrected chi connectivity index (χ2v) is 2.81. The number of carbonyl (C=O) groups excluding carboxylic acids is 1. The van der Waals surface area contributed by atoms with Gasteiger partial charge in [0, 0.05) is 0 Å². The molecule has 0 unspecified atom stereocenters. The van der Waals surface area contributed by atoms with Gasteiger partial charge in [0.15, 0.2) is 0 Å². The largest absolute Gasteiger partial charge is 0.463 e. The standard InChI is InChI=1S/C6H7F7N2O/c7-4(8,1-14)2-15-3(16)5(9,10)6(11,12)13/h1-2,14H2,(H,15,16). The van der Waals surface area contributed by atoms with Gasteiger partial charge in [0.05, 0.1) is 13.1 Å². The summed E-state index contributed by atoms with van der Waals surface area (Å²) in [5.74, 6) is -12.3. The van der Waals surface area contributed by atoms with Gasteiger partial charge in [-0.15, -0.1) is 0 Å². The zero-order valence-corrected chi connectivity index (χ0v) is 7.55. The van der Waals surface area contributed by atoms with E-state index in [1.54, 1.807) is 0 Å². The molecule has 1 amide bonds. The van der Waals surface area contributed by atoms with Gasteiger partial charge in [-0.05, 0) is 0 Å². The predicted molar refractivity (Wildman–Crippen MR) is 38.0 cm³/mol. The molecule has 0 aliphatic rings. The summed E-state index contributed by atoms with van der Waals surface area (Å²) in [5, 5.41) is 0.782.